The first kappa shape index (κ1) is 14.2. The van der Waals surface area contributed by atoms with Crippen molar-refractivity contribution in [2.75, 3.05) is 6.54 Å². The van der Waals surface area contributed by atoms with Gasteiger partial charge in [0, 0.05) is 6.54 Å². The summed E-state index contributed by atoms with van der Waals surface area (Å²) in [4.78, 5) is 0. The van der Waals surface area contributed by atoms with Crippen LogP contribution in [0.1, 0.15) is 18.0 Å². The van der Waals surface area contributed by atoms with Gasteiger partial charge in [0.05, 0.1) is 18.4 Å². The molecule has 1 aliphatic rings. The standard InChI is InChI=1S/C14H14FNO4S/c15-11-4-1-3-10(7-11)13-8-12(17)9-16(13)21(18,19)14-5-2-6-20-14/h1-7,12-13,17H,8-9H2/t12-,13-/m1/s1. The van der Waals surface area contributed by atoms with Gasteiger partial charge in [-0.15, -0.1) is 0 Å². The maximum atomic E-state index is 13.4. The Labute approximate surface area is 121 Å². The predicted molar refractivity (Wildman–Crippen MR) is 72.4 cm³/mol. The second-order valence-electron chi connectivity index (χ2n) is 4.97. The smallest absolute Gasteiger partial charge is 0.277 e. The van der Waals surface area contributed by atoms with Crippen LogP contribution in [-0.2, 0) is 10.0 Å². The number of sulfonamides is 1. The van der Waals surface area contributed by atoms with E-state index in [0.29, 0.717) is 5.56 Å². The molecule has 5 nitrogen and oxygen atoms in total. The van der Waals surface area contributed by atoms with E-state index in [0.717, 1.165) is 4.31 Å². The lowest BCUT2D eigenvalue weighted by molar-refractivity contribution is 0.188. The summed E-state index contributed by atoms with van der Waals surface area (Å²) >= 11 is 0. The van der Waals surface area contributed by atoms with Crippen molar-refractivity contribution >= 4 is 10.0 Å². The van der Waals surface area contributed by atoms with E-state index in [1.165, 1.54) is 36.6 Å². The molecule has 1 aromatic heterocycles. The summed E-state index contributed by atoms with van der Waals surface area (Å²) in [5.41, 5.74) is 0.515. The first-order valence-electron chi connectivity index (χ1n) is 6.47. The summed E-state index contributed by atoms with van der Waals surface area (Å²) in [6.07, 6.45) is 0.711. The highest BCUT2D eigenvalue weighted by Crippen LogP contribution is 2.36. The highest BCUT2D eigenvalue weighted by molar-refractivity contribution is 7.89. The number of halogens is 1. The zero-order chi connectivity index (χ0) is 15.0. The van der Waals surface area contributed by atoms with Gasteiger partial charge in [-0.25, -0.2) is 12.8 Å². The number of nitrogens with zero attached hydrogens (tertiary/aromatic N) is 1. The van der Waals surface area contributed by atoms with Gasteiger partial charge in [0.25, 0.3) is 10.0 Å². The van der Waals surface area contributed by atoms with Gasteiger partial charge in [-0.3, -0.25) is 0 Å². The topological polar surface area (TPSA) is 70.8 Å². The fourth-order valence-corrected chi connectivity index (χ4v) is 4.16. The van der Waals surface area contributed by atoms with Crippen molar-refractivity contribution in [3.05, 3.63) is 54.0 Å². The molecule has 0 saturated carbocycles. The van der Waals surface area contributed by atoms with E-state index >= 15 is 0 Å². The quantitative estimate of drug-likeness (QED) is 0.940. The lowest BCUT2D eigenvalue weighted by atomic mass is 10.0. The van der Waals surface area contributed by atoms with Crippen molar-refractivity contribution in [3.63, 3.8) is 0 Å². The van der Waals surface area contributed by atoms with Crippen LogP contribution in [-0.4, -0.2) is 30.5 Å². The molecule has 0 amide bonds. The normalized spacial score (nSPS) is 23.5. The van der Waals surface area contributed by atoms with Crippen molar-refractivity contribution in [3.8, 4) is 0 Å². The van der Waals surface area contributed by atoms with E-state index in [-0.39, 0.29) is 18.1 Å². The summed E-state index contributed by atoms with van der Waals surface area (Å²) in [6.45, 7) is -0.0375. The Morgan fingerprint density at radius 1 is 1.29 bits per heavy atom. The van der Waals surface area contributed by atoms with Crippen molar-refractivity contribution < 1.29 is 22.3 Å². The number of hydrogen-bond donors (Lipinski definition) is 1. The zero-order valence-electron chi connectivity index (χ0n) is 11.0. The molecule has 1 saturated heterocycles. The van der Waals surface area contributed by atoms with Crippen LogP contribution in [0.5, 0.6) is 0 Å². The van der Waals surface area contributed by atoms with Crippen molar-refractivity contribution in [1.82, 2.24) is 4.31 Å². The summed E-state index contributed by atoms with van der Waals surface area (Å²) < 4.78 is 44.6. The van der Waals surface area contributed by atoms with Crippen LogP contribution < -0.4 is 0 Å². The van der Waals surface area contributed by atoms with Gasteiger partial charge in [0.2, 0.25) is 5.09 Å². The number of hydrogen-bond acceptors (Lipinski definition) is 4. The lowest BCUT2D eigenvalue weighted by Crippen LogP contribution is -2.31. The molecule has 0 spiro atoms. The van der Waals surface area contributed by atoms with E-state index in [2.05, 4.69) is 0 Å². The van der Waals surface area contributed by atoms with Gasteiger partial charge in [-0.1, -0.05) is 12.1 Å². The molecule has 0 unspecified atom stereocenters. The largest absolute Gasteiger partial charge is 0.452 e. The lowest BCUT2D eigenvalue weighted by Gasteiger charge is -2.22. The molecule has 1 fully saturated rings. The van der Waals surface area contributed by atoms with Crippen LogP contribution in [0.15, 0.2) is 52.2 Å². The van der Waals surface area contributed by atoms with E-state index in [4.69, 9.17) is 4.42 Å². The van der Waals surface area contributed by atoms with Crippen LogP contribution in [0, 0.1) is 5.82 Å². The molecule has 0 radical (unpaired) electrons. The molecule has 1 aromatic carbocycles. The highest BCUT2D eigenvalue weighted by atomic mass is 32.2. The van der Waals surface area contributed by atoms with Gasteiger partial charge < -0.3 is 9.52 Å². The molecule has 1 N–H and O–H groups in total. The summed E-state index contributed by atoms with van der Waals surface area (Å²) in [5.74, 6) is -0.441. The van der Waals surface area contributed by atoms with E-state index < -0.39 is 28.0 Å². The van der Waals surface area contributed by atoms with Gasteiger partial charge in [0.1, 0.15) is 5.82 Å². The molecule has 0 aliphatic carbocycles. The molecule has 2 aromatic rings. The molecule has 2 heterocycles. The third kappa shape index (κ3) is 2.59. The Morgan fingerprint density at radius 2 is 2.10 bits per heavy atom. The SMILES string of the molecule is O=S(=O)(c1ccco1)N1C[C@H](O)C[C@@H]1c1cccc(F)c1. The number of aliphatic hydroxyl groups is 1. The Balaban J connectivity index is 2.01. The Hall–Kier alpha value is -1.70. The Morgan fingerprint density at radius 3 is 2.76 bits per heavy atom. The third-order valence-corrected chi connectivity index (χ3v) is 5.29. The minimum absolute atomic E-state index is 0.0375. The fraction of sp³-hybridized carbons (Fsp3) is 0.286. The minimum atomic E-state index is -3.85. The van der Waals surface area contributed by atoms with Crippen LogP contribution in [0.25, 0.3) is 0 Å². The second kappa shape index (κ2) is 5.25. The fourth-order valence-electron chi connectivity index (χ4n) is 2.59. The van der Waals surface area contributed by atoms with E-state index in [1.54, 1.807) is 6.07 Å². The maximum Gasteiger partial charge on any atom is 0.277 e. The Kier molecular flexibility index (Phi) is 3.56. The molecule has 112 valence electrons. The van der Waals surface area contributed by atoms with Crippen LogP contribution in [0.3, 0.4) is 0 Å². The molecule has 0 bridgehead atoms. The number of aliphatic hydroxyl groups excluding tert-OH is 1. The van der Waals surface area contributed by atoms with Gasteiger partial charge >= 0.3 is 0 Å². The Bertz CT molecular complexity index is 729. The molecule has 3 rings (SSSR count). The maximum absolute atomic E-state index is 13.4. The second-order valence-corrected chi connectivity index (χ2v) is 6.79. The first-order chi connectivity index (χ1) is 9.98. The van der Waals surface area contributed by atoms with Gasteiger partial charge in [0.15, 0.2) is 0 Å². The number of β-amino-alcohol motifs (C(OH)–C–C–N with tert-alkyl or cyclic N) is 1. The molecule has 7 heteroatoms. The van der Waals surface area contributed by atoms with Crippen molar-refractivity contribution in [2.24, 2.45) is 0 Å². The molecule has 21 heavy (non-hydrogen) atoms. The average molecular weight is 311 g/mol. The van der Waals surface area contributed by atoms with E-state index in [1.807, 2.05) is 0 Å². The first-order valence-corrected chi connectivity index (χ1v) is 7.91. The van der Waals surface area contributed by atoms with Crippen LogP contribution >= 0.6 is 0 Å². The number of benzene rings is 1. The molecular weight excluding hydrogens is 297 g/mol. The summed E-state index contributed by atoms with van der Waals surface area (Å²) in [7, 11) is -3.85. The van der Waals surface area contributed by atoms with Gasteiger partial charge in [-0.2, -0.15) is 4.31 Å². The monoisotopic (exact) mass is 311 g/mol. The average Bonchev–Trinajstić information content (AvgIpc) is 3.08. The van der Waals surface area contributed by atoms with Crippen molar-refractivity contribution in [2.45, 2.75) is 23.7 Å². The summed E-state index contributed by atoms with van der Waals surface area (Å²) in [5, 5.41) is 9.65. The zero-order valence-corrected chi connectivity index (χ0v) is 11.8. The minimum Gasteiger partial charge on any atom is -0.452 e. The van der Waals surface area contributed by atoms with Crippen molar-refractivity contribution in [1.29, 1.82) is 0 Å². The number of rotatable bonds is 3. The predicted octanol–water partition coefficient (Wildman–Crippen LogP) is 1.92. The molecule has 2 atom stereocenters. The summed E-state index contributed by atoms with van der Waals surface area (Å²) in [6, 6.07) is 7.97. The van der Waals surface area contributed by atoms with Crippen LogP contribution in [0.2, 0.25) is 0 Å². The highest BCUT2D eigenvalue weighted by Gasteiger charge is 2.41. The molecular formula is C14H14FNO4S. The molecule has 1 aliphatic heterocycles. The van der Waals surface area contributed by atoms with E-state index in [9.17, 15) is 17.9 Å². The third-order valence-electron chi connectivity index (χ3n) is 3.53. The van der Waals surface area contributed by atoms with Crippen LogP contribution in [0.4, 0.5) is 4.39 Å². The van der Waals surface area contributed by atoms with Gasteiger partial charge in [-0.05, 0) is 36.2 Å². The number of furan rings is 1.